The summed E-state index contributed by atoms with van der Waals surface area (Å²) in [7, 11) is 0. The van der Waals surface area contributed by atoms with Gasteiger partial charge in [-0.1, -0.05) is 6.07 Å². The van der Waals surface area contributed by atoms with Crippen LogP contribution in [-0.4, -0.2) is 64.4 Å². The van der Waals surface area contributed by atoms with Crippen molar-refractivity contribution in [3.8, 4) is 10.8 Å². The first-order chi connectivity index (χ1) is 10.3. The first-order valence-electron chi connectivity index (χ1n) is 7.27. The van der Waals surface area contributed by atoms with Crippen LogP contribution < -0.4 is 0 Å². The minimum absolute atomic E-state index is 0.230. The van der Waals surface area contributed by atoms with E-state index in [-0.39, 0.29) is 6.61 Å². The van der Waals surface area contributed by atoms with Gasteiger partial charge in [0.15, 0.2) is 0 Å². The van der Waals surface area contributed by atoms with Gasteiger partial charge < -0.3 is 9.52 Å². The molecular formula is C14H20N4O2S. The standard InChI is InChI=1S/C14H20N4O2S/c19-9-8-17-4-2-5-18(7-6-17)11-13-15-16-14(20-13)12-3-1-10-21-12/h1,3,10,19H,2,4-9,11H2. The van der Waals surface area contributed by atoms with Gasteiger partial charge >= 0.3 is 0 Å². The summed E-state index contributed by atoms with van der Waals surface area (Å²) in [5.74, 6) is 1.28. The van der Waals surface area contributed by atoms with Gasteiger partial charge in [0.25, 0.3) is 5.89 Å². The van der Waals surface area contributed by atoms with Crippen molar-refractivity contribution < 1.29 is 9.52 Å². The second-order valence-corrected chi connectivity index (χ2v) is 6.12. The molecule has 0 atom stereocenters. The lowest BCUT2D eigenvalue weighted by atomic mass is 10.4. The second kappa shape index (κ2) is 7.13. The van der Waals surface area contributed by atoms with Crippen molar-refractivity contribution in [2.75, 3.05) is 39.3 Å². The fraction of sp³-hybridized carbons (Fsp3) is 0.571. The van der Waals surface area contributed by atoms with Gasteiger partial charge in [0.05, 0.1) is 18.0 Å². The summed E-state index contributed by atoms with van der Waals surface area (Å²) in [5, 5.41) is 19.3. The SMILES string of the molecule is OCCN1CCCN(Cc2nnc(-c3cccs3)o2)CC1. The smallest absolute Gasteiger partial charge is 0.257 e. The average molecular weight is 308 g/mol. The fourth-order valence-electron chi connectivity index (χ4n) is 2.56. The fourth-order valence-corrected chi connectivity index (χ4v) is 3.20. The van der Waals surface area contributed by atoms with Crippen LogP contribution in [0, 0.1) is 0 Å². The van der Waals surface area contributed by atoms with Crippen LogP contribution >= 0.6 is 11.3 Å². The van der Waals surface area contributed by atoms with Crippen molar-refractivity contribution in [1.82, 2.24) is 20.0 Å². The highest BCUT2D eigenvalue weighted by Gasteiger charge is 2.17. The van der Waals surface area contributed by atoms with Gasteiger partial charge in [-0.2, -0.15) is 0 Å². The first-order valence-corrected chi connectivity index (χ1v) is 8.15. The molecule has 2 aromatic heterocycles. The van der Waals surface area contributed by atoms with Gasteiger partial charge in [-0.25, -0.2) is 0 Å². The van der Waals surface area contributed by atoms with E-state index < -0.39 is 0 Å². The quantitative estimate of drug-likeness (QED) is 0.898. The molecular weight excluding hydrogens is 288 g/mol. The van der Waals surface area contributed by atoms with Crippen LogP contribution in [0.1, 0.15) is 12.3 Å². The molecule has 0 unspecified atom stereocenters. The lowest BCUT2D eigenvalue weighted by Gasteiger charge is -2.19. The van der Waals surface area contributed by atoms with Crippen LogP contribution in [0.4, 0.5) is 0 Å². The molecule has 1 aliphatic heterocycles. The van der Waals surface area contributed by atoms with Gasteiger partial charge in [0.2, 0.25) is 5.89 Å². The molecule has 0 spiro atoms. The van der Waals surface area contributed by atoms with E-state index in [0.717, 1.165) is 44.0 Å². The molecule has 114 valence electrons. The highest BCUT2D eigenvalue weighted by molar-refractivity contribution is 7.13. The molecule has 0 radical (unpaired) electrons. The molecule has 0 amide bonds. The molecule has 0 bridgehead atoms. The summed E-state index contributed by atoms with van der Waals surface area (Å²) < 4.78 is 5.74. The summed E-state index contributed by atoms with van der Waals surface area (Å²) >= 11 is 1.60. The number of nitrogens with zero attached hydrogens (tertiary/aromatic N) is 4. The third kappa shape index (κ3) is 3.88. The monoisotopic (exact) mass is 308 g/mol. The van der Waals surface area contributed by atoms with Gasteiger partial charge in [-0.15, -0.1) is 21.5 Å². The third-order valence-electron chi connectivity index (χ3n) is 3.66. The van der Waals surface area contributed by atoms with Crippen molar-refractivity contribution in [3.05, 3.63) is 23.4 Å². The largest absolute Gasteiger partial charge is 0.419 e. The molecule has 1 fully saturated rings. The summed E-state index contributed by atoms with van der Waals surface area (Å²) in [5.41, 5.74) is 0. The second-order valence-electron chi connectivity index (χ2n) is 5.17. The maximum absolute atomic E-state index is 9.02. The number of aromatic nitrogens is 2. The summed E-state index contributed by atoms with van der Waals surface area (Å²) in [6.45, 7) is 5.71. The Kier molecular flexibility index (Phi) is 4.97. The van der Waals surface area contributed by atoms with E-state index in [1.54, 1.807) is 11.3 Å². The third-order valence-corrected chi connectivity index (χ3v) is 4.51. The maximum Gasteiger partial charge on any atom is 0.257 e. The van der Waals surface area contributed by atoms with E-state index in [2.05, 4.69) is 20.0 Å². The Balaban J connectivity index is 1.57. The van der Waals surface area contributed by atoms with Crippen LogP contribution in [-0.2, 0) is 6.54 Å². The van der Waals surface area contributed by atoms with E-state index >= 15 is 0 Å². The van der Waals surface area contributed by atoms with Crippen LogP contribution in [0.5, 0.6) is 0 Å². The van der Waals surface area contributed by atoms with Crippen molar-refractivity contribution in [2.24, 2.45) is 0 Å². The van der Waals surface area contributed by atoms with Gasteiger partial charge in [-0.05, 0) is 31.0 Å². The molecule has 3 heterocycles. The zero-order valence-corrected chi connectivity index (χ0v) is 12.8. The maximum atomic E-state index is 9.02. The predicted octanol–water partition coefficient (Wildman–Crippen LogP) is 1.30. The molecule has 21 heavy (non-hydrogen) atoms. The average Bonchev–Trinajstić information content (AvgIpc) is 3.10. The number of aliphatic hydroxyl groups is 1. The summed E-state index contributed by atoms with van der Waals surface area (Å²) in [6, 6.07) is 3.97. The molecule has 1 aliphatic rings. The molecule has 3 rings (SSSR count). The van der Waals surface area contributed by atoms with Crippen molar-refractivity contribution in [1.29, 1.82) is 0 Å². The van der Waals surface area contributed by atoms with Crippen molar-refractivity contribution in [3.63, 3.8) is 0 Å². The van der Waals surface area contributed by atoms with E-state index in [4.69, 9.17) is 9.52 Å². The minimum atomic E-state index is 0.230. The Morgan fingerprint density at radius 2 is 2.05 bits per heavy atom. The van der Waals surface area contributed by atoms with E-state index in [0.29, 0.717) is 18.3 Å². The van der Waals surface area contributed by atoms with Gasteiger partial charge in [0, 0.05) is 19.6 Å². The van der Waals surface area contributed by atoms with Crippen molar-refractivity contribution in [2.45, 2.75) is 13.0 Å². The van der Waals surface area contributed by atoms with Crippen LogP contribution in [0.2, 0.25) is 0 Å². The summed E-state index contributed by atoms with van der Waals surface area (Å²) in [6.07, 6.45) is 1.10. The van der Waals surface area contributed by atoms with E-state index in [9.17, 15) is 0 Å². The van der Waals surface area contributed by atoms with Crippen LogP contribution in [0.15, 0.2) is 21.9 Å². The number of hydrogen-bond acceptors (Lipinski definition) is 7. The van der Waals surface area contributed by atoms with E-state index in [1.807, 2.05) is 17.5 Å². The summed E-state index contributed by atoms with van der Waals surface area (Å²) in [4.78, 5) is 5.65. The highest BCUT2D eigenvalue weighted by Crippen LogP contribution is 2.23. The Labute approximate surface area is 128 Å². The first kappa shape index (κ1) is 14.6. The van der Waals surface area contributed by atoms with Crippen LogP contribution in [0.25, 0.3) is 10.8 Å². The Hall–Kier alpha value is -1.28. The number of thiophene rings is 1. The molecule has 7 heteroatoms. The topological polar surface area (TPSA) is 65.6 Å². The highest BCUT2D eigenvalue weighted by atomic mass is 32.1. The number of aliphatic hydroxyl groups excluding tert-OH is 1. The van der Waals surface area contributed by atoms with Gasteiger partial charge in [-0.3, -0.25) is 9.80 Å². The molecule has 0 aromatic carbocycles. The molecule has 0 aliphatic carbocycles. The predicted molar refractivity (Wildman–Crippen MR) is 81.0 cm³/mol. The molecule has 6 nitrogen and oxygen atoms in total. The van der Waals surface area contributed by atoms with Crippen LogP contribution in [0.3, 0.4) is 0 Å². The minimum Gasteiger partial charge on any atom is -0.419 e. The molecule has 1 saturated heterocycles. The van der Waals surface area contributed by atoms with Gasteiger partial charge in [0.1, 0.15) is 0 Å². The van der Waals surface area contributed by atoms with E-state index in [1.165, 1.54) is 0 Å². The lowest BCUT2D eigenvalue weighted by molar-refractivity contribution is 0.193. The zero-order valence-electron chi connectivity index (χ0n) is 11.9. The molecule has 1 N–H and O–H groups in total. The normalized spacial score (nSPS) is 18.0. The zero-order chi connectivity index (χ0) is 14.5. The number of rotatable bonds is 5. The molecule has 2 aromatic rings. The molecule has 0 saturated carbocycles. The Bertz CT molecular complexity index is 543. The number of β-amino-alcohol motifs (C(OH)–C–C–N with tert-alkyl or cyclic N) is 1. The number of hydrogen-bond donors (Lipinski definition) is 1. The van der Waals surface area contributed by atoms with Crippen molar-refractivity contribution >= 4 is 11.3 Å². The Morgan fingerprint density at radius 3 is 2.86 bits per heavy atom. The lowest BCUT2D eigenvalue weighted by Crippen LogP contribution is -2.32. The Morgan fingerprint density at radius 1 is 1.19 bits per heavy atom.